The summed E-state index contributed by atoms with van der Waals surface area (Å²) >= 11 is 0. The number of esters is 2. The summed E-state index contributed by atoms with van der Waals surface area (Å²) in [6.45, 7) is 12.9. The highest BCUT2D eigenvalue weighted by atomic mass is 16.6. The zero-order valence-corrected chi connectivity index (χ0v) is 28.7. The smallest absolute Gasteiger partial charge is 0.309 e. The van der Waals surface area contributed by atoms with Crippen molar-refractivity contribution < 1.29 is 39.2 Å². The zero-order chi connectivity index (χ0) is 33.4. The second kappa shape index (κ2) is 13.6. The Morgan fingerprint density at radius 2 is 1.60 bits per heavy atom. The van der Waals surface area contributed by atoms with Gasteiger partial charge >= 0.3 is 11.9 Å². The minimum atomic E-state index is -1.94. The number of hydrogen-bond acceptors (Lipinski definition) is 8. The zero-order valence-electron chi connectivity index (χ0n) is 28.7. The number of hydrogen-bond donors (Lipinski definition) is 3. The van der Waals surface area contributed by atoms with E-state index in [-0.39, 0.29) is 25.4 Å². The van der Waals surface area contributed by atoms with E-state index in [1.165, 1.54) is 32.1 Å². The van der Waals surface area contributed by atoms with Crippen LogP contribution in [0.3, 0.4) is 0 Å². The van der Waals surface area contributed by atoms with Crippen molar-refractivity contribution in [2.75, 3.05) is 6.61 Å². The molecule has 0 radical (unpaired) electrons. The van der Waals surface area contributed by atoms with Gasteiger partial charge in [0.25, 0.3) is 0 Å². The van der Waals surface area contributed by atoms with E-state index < -0.39 is 69.7 Å². The van der Waals surface area contributed by atoms with Crippen LogP contribution in [-0.4, -0.2) is 62.6 Å². The van der Waals surface area contributed by atoms with E-state index in [0.717, 1.165) is 19.3 Å². The van der Waals surface area contributed by atoms with Gasteiger partial charge in [0, 0.05) is 41.9 Å². The van der Waals surface area contributed by atoms with Crippen molar-refractivity contribution in [3.63, 3.8) is 0 Å². The van der Waals surface area contributed by atoms with Crippen LogP contribution in [-0.2, 0) is 23.9 Å². The highest BCUT2D eigenvalue weighted by Gasteiger charge is 2.88. The Morgan fingerprint density at radius 3 is 2.18 bits per heavy atom. The quantitative estimate of drug-likeness (QED) is 0.114. The van der Waals surface area contributed by atoms with Gasteiger partial charge in [-0.15, -0.1) is 0 Å². The van der Waals surface area contributed by atoms with Gasteiger partial charge in [0.1, 0.15) is 11.7 Å². The SMILES string of the molecule is CCCCCCCCCCCC(=O)O[C@@]12[C@H](OC(=O)C(C)CC)[C@@H](C)[C@@]3(O)[C@@H](C=C(CO)C[C@]4(O)C(=O)C(C)=C[C@@H]34)[C@H]1C2(C)C. The number of unbranched alkanes of at least 4 members (excludes halogenated alkanes) is 8. The largest absolute Gasteiger partial charge is 0.457 e. The minimum Gasteiger partial charge on any atom is -0.457 e. The van der Waals surface area contributed by atoms with Crippen LogP contribution in [0.2, 0.25) is 0 Å². The molecule has 4 rings (SSSR count). The van der Waals surface area contributed by atoms with Crippen LogP contribution in [0.4, 0.5) is 0 Å². The molecular formula is C37H58O8. The predicted octanol–water partition coefficient (Wildman–Crippen LogP) is 6.00. The van der Waals surface area contributed by atoms with Gasteiger partial charge < -0.3 is 24.8 Å². The molecular weight excluding hydrogens is 572 g/mol. The lowest BCUT2D eigenvalue weighted by molar-refractivity contribution is -0.230. The van der Waals surface area contributed by atoms with Gasteiger partial charge in [0.2, 0.25) is 0 Å². The van der Waals surface area contributed by atoms with Gasteiger partial charge in [0.15, 0.2) is 11.4 Å². The fourth-order valence-electron chi connectivity index (χ4n) is 9.05. The van der Waals surface area contributed by atoms with E-state index in [9.17, 15) is 29.7 Å². The van der Waals surface area contributed by atoms with E-state index in [0.29, 0.717) is 24.0 Å². The minimum absolute atomic E-state index is 0.109. The van der Waals surface area contributed by atoms with Crippen LogP contribution in [0.25, 0.3) is 0 Å². The molecule has 0 aromatic carbocycles. The molecule has 0 spiro atoms. The Balaban J connectivity index is 1.64. The number of aliphatic hydroxyl groups excluding tert-OH is 1. The van der Waals surface area contributed by atoms with E-state index in [2.05, 4.69) is 6.92 Å². The maximum absolute atomic E-state index is 13.5. The summed E-state index contributed by atoms with van der Waals surface area (Å²) in [5, 5.41) is 35.1. The van der Waals surface area contributed by atoms with Crippen molar-refractivity contribution in [2.45, 2.75) is 148 Å². The Morgan fingerprint density at radius 1 is 1.00 bits per heavy atom. The molecule has 4 aliphatic carbocycles. The molecule has 1 unspecified atom stereocenters. The average Bonchev–Trinajstić information content (AvgIpc) is 3.43. The predicted molar refractivity (Wildman–Crippen MR) is 172 cm³/mol. The highest BCUT2D eigenvalue weighted by molar-refractivity contribution is 6.04. The standard InChI is InChI=1S/C37H58O8/c1-8-10-11-12-13-14-15-16-17-18-29(39)45-37-30(34(37,6)7)27-20-26(22-38)21-35(42)28(19-24(4)31(35)40)36(27,43)25(5)32(37)44-33(41)23(3)9-2/h19-20,23,25,27-28,30,32,38,42-43H,8-18,21-22H2,1-7H3/t23?,25-,27+,28-,30+,32-,35-,36-,37-/m1/s1. The summed E-state index contributed by atoms with van der Waals surface area (Å²) in [6, 6.07) is 0. The van der Waals surface area contributed by atoms with Crippen molar-refractivity contribution >= 4 is 17.7 Å². The molecule has 45 heavy (non-hydrogen) atoms. The molecule has 2 fully saturated rings. The number of aliphatic hydroxyl groups is 3. The first-order valence-electron chi connectivity index (χ1n) is 17.6. The molecule has 0 bridgehead atoms. The summed E-state index contributed by atoms with van der Waals surface area (Å²) in [5.41, 5.74) is -4.75. The fraction of sp³-hybridized carbons (Fsp3) is 0.811. The van der Waals surface area contributed by atoms with Crippen molar-refractivity contribution in [2.24, 2.45) is 35.0 Å². The second-order valence-corrected chi connectivity index (χ2v) is 15.2. The molecule has 0 heterocycles. The van der Waals surface area contributed by atoms with Gasteiger partial charge in [-0.3, -0.25) is 14.4 Å². The number of carbonyl (C=O) groups excluding carboxylic acids is 3. The number of ether oxygens (including phenoxy) is 2. The lowest BCUT2D eigenvalue weighted by atomic mass is 9.59. The summed E-state index contributed by atoms with van der Waals surface area (Å²) < 4.78 is 12.7. The maximum atomic E-state index is 13.5. The van der Waals surface area contributed by atoms with Crippen LogP contribution >= 0.6 is 0 Å². The first-order chi connectivity index (χ1) is 21.2. The van der Waals surface area contributed by atoms with E-state index in [4.69, 9.17) is 9.47 Å². The van der Waals surface area contributed by atoms with Crippen molar-refractivity contribution in [3.8, 4) is 0 Å². The Kier molecular flexibility index (Phi) is 10.8. The van der Waals surface area contributed by atoms with Crippen molar-refractivity contribution in [1.82, 2.24) is 0 Å². The van der Waals surface area contributed by atoms with Crippen LogP contribution in [0.1, 0.15) is 126 Å². The molecule has 0 saturated heterocycles. The molecule has 3 N–H and O–H groups in total. The number of carbonyl (C=O) groups is 3. The fourth-order valence-corrected chi connectivity index (χ4v) is 9.05. The molecule has 2 saturated carbocycles. The second-order valence-electron chi connectivity index (χ2n) is 15.2. The molecule has 0 aromatic rings. The van der Waals surface area contributed by atoms with Crippen LogP contribution in [0.5, 0.6) is 0 Å². The third-order valence-corrected chi connectivity index (χ3v) is 12.0. The van der Waals surface area contributed by atoms with Gasteiger partial charge in [-0.2, -0.15) is 0 Å². The molecule has 0 aliphatic heterocycles. The van der Waals surface area contributed by atoms with Gasteiger partial charge in [-0.1, -0.05) is 105 Å². The summed E-state index contributed by atoms with van der Waals surface area (Å²) in [7, 11) is 0. The normalized spacial score (nSPS) is 36.9. The number of ketones is 1. The highest BCUT2D eigenvalue weighted by Crippen LogP contribution is 2.77. The topological polar surface area (TPSA) is 130 Å². The van der Waals surface area contributed by atoms with Gasteiger partial charge in [0.05, 0.1) is 18.1 Å². The first-order valence-corrected chi connectivity index (χ1v) is 17.6. The molecule has 0 aromatic heterocycles. The lowest BCUT2D eigenvalue weighted by Crippen LogP contribution is -2.66. The number of Topliss-reactive ketones (excluding diaryl/α,β-unsaturated/α-hetero) is 1. The third-order valence-electron chi connectivity index (χ3n) is 12.0. The average molecular weight is 631 g/mol. The molecule has 0 amide bonds. The summed E-state index contributed by atoms with van der Waals surface area (Å²) in [6.07, 6.45) is 13.3. The summed E-state index contributed by atoms with van der Waals surface area (Å²) in [5.74, 6) is -4.60. The molecule has 9 atom stereocenters. The van der Waals surface area contributed by atoms with Crippen LogP contribution in [0.15, 0.2) is 23.3 Å². The van der Waals surface area contributed by atoms with E-state index in [1.807, 2.05) is 20.8 Å². The Labute approximate surface area is 270 Å². The summed E-state index contributed by atoms with van der Waals surface area (Å²) in [4.78, 5) is 40.3. The number of rotatable bonds is 15. The molecule has 254 valence electrons. The monoisotopic (exact) mass is 630 g/mol. The number of fused-ring (bicyclic) bond motifs is 5. The Bertz CT molecular complexity index is 1190. The van der Waals surface area contributed by atoms with Crippen LogP contribution in [0, 0.1) is 35.0 Å². The van der Waals surface area contributed by atoms with Gasteiger partial charge in [-0.05, 0) is 30.9 Å². The Hall–Kier alpha value is -2.03. The van der Waals surface area contributed by atoms with Crippen molar-refractivity contribution in [3.05, 3.63) is 23.3 Å². The van der Waals surface area contributed by atoms with Crippen molar-refractivity contribution in [1.29, 1.82) is 0 Å². The van der Waals surface area contributed by atoms with Gasteiger partial charge in [-0.25, -0.2) is 0 Å². The maximum Gasteiger partial charge on any atom is 0.309 e. The third kappa shape index (κ3) is 5.97. The van der Waals surface area contributed by atoms with E-state index in [1.54, 1.807) is 32.9 Å². The lowest BCUT2D eigenvalue weighted by Gasteiger charge is -2.53. The van der Waals surface area contributed by atoms with E-state index >= 15 is 0 Å². The van der Waals surface area contributed by atoms with Crippen LogP contribution < -0.4 is 0 Å². The molecule has 8 heteroatoms. The first kappa shape index (κ1) is 35.8. The molecule has 8 nitrogen and oxygen atoms in total. The molecule has 4 aliphatic rings.